The lowest BCUT2D eigenvalue weighted by Gasteiger charge is -2.59. The number of aromatic amines is 1. The molecular formula is C22H27N3O3. The fourth-order valence-electron chi connectivity index (χ4n) is 6.46. The van der Waals surface area contributed by atoms with Crippen LogP contribution in [0.4, 0.5) is 0 Å². The molecule has 4 aliphatic carbocycles. The largest absolute Gasteiger partial charge is 0.451 e. The molecule has 1 atom stereocenters. The fraction of sp³-hybridized carbons (Fsp3) is 0.591. The van der Waals surface area contributed by atoms with E-state index in [0.29, 0.717) is 5.39 Å². The number of carbonyl (C=O) groups excluding carboxylic acids is 2. The minimum absolute atomic E-state index is 0.123. The summed E-state index contributed by atoms with van der Waals surface area (Å²) in [5.41, 5.74) is 1.24. The van der Waals surface area contributed by atoms with Crippen LogP contribution in [0.25, 0.3) is 10.9 Å². The number of carbonyl (C=O) groups is 2. The number of esters is 1. The molecule has 0 saturated heterocycles. The zero-order valence-corrected chi connectivity index (χ0v) is 16.2. The smallest absolute Gasteiger partial charge is 0.359 e. The summed E-state index contributed by atoms with van der Waals surface area (Å²) in [4.78, 5) is 24.8. The van der Waals surface area contributed by atoms with Crippen molar-refractivity contribution in [1.29, 1.82) is 0 Å². The van der Waals surface area contributed by atoms with E-state index in [2.05, 4.69) is 22.4 Å². The van der Waals surface area contributed by atoms with Crippen LogP contribution in [0.15, 0.2) is 24.3 Å². The Bertz CT molecular complexity index is 883. The van der Waals surface area contributed by atoms with Crippen LogP contribution < -0.4 is 5.32 Å². The Morgan fingerprint density at radius 2 is 1.82 bits per heavy atom. The highest BCUT2D eigenvalue weighted by Gasteiger charge is 2.53. The van der Waals surface area contributed by atoms with Crippen molar-refractivity contribution in [2.45, 2.75) is 51.5 Å². The lowest BCUT2D eigenvalue weighted by Crippen LogP contribution is -2.56. The lowest BCUT2D eigenvalue weighted by molar-refractivity contribution is -0.128. The second kappa shape index (κ2) is 6.61. The van der Waals surface area contributed by atoms with Gasteiger partial charge in [-0.15, -0.1) is 0 Å². The van der Waals surface area contributed by atoms with Gasteiger partial charge in [0.25, 0.3) is 5.91 Å². The van der Waals surface area contributed by atoms with Crippen LogP contribution >= 0.6 is 0 Å². The molecule has 2 aromatic rings. The Kier molecular flexibility index (Phi) is 4.18. The maximum absolute atomic E-state index is 12.5. The van der Waals surface area contributed by atoms with Gasteiger partial charge in [-0.1, -0.05) is 18.2 Å². The molecule has 1 amide bonds. The number of H-pyrrole nitrogens is 1. The first-order chi connectivity index (χ1) is 13.5. The zero-order chi connectivity index (χ0) is 19.3. The molecule has 0 radical (unpaired) electrons. The minimum atomic E-state index is -0.574. The van der Waals surface area contributed by atoms with Crippen LogP contribution in [-0.2, 0) is 9.53 Å². The highest BCUT2D eigenvalue weighted by molar-refractivity contribution is 6.02. The van der Waals surface area contributed by atoms with Crippen molar-refractivity contribution >= 4 is 22.8 Å². The minimum Gasteiger partial charge on any atom is -0.451 e. The first-order valence-electron chi connectivity index (χ1n) is 10.4. The van der Waals surface area contributed by atoms with Gasteiger partial charge in [0.15, 0.2) is 12.3 Å². The molecule has 148 valence electrons. The van der Waals surface area contributed by atoms with Crippen LogP contribution in [0.5, 0.6) is 0 Å². The van der Waals surface area contributed by atoms with E-state index in [0.717, 1.165) is 23.3 Å². The predicted molar refractivity (Wildman–Crippen MR) is 105 cm³/mol. The molecule has 4 bridgehead atoms. The lowest BCUT2D eigenvalue weighted by atomic mass is 9.48. The fourth-order valence-corrected chi connectivity index (χ4v) is 6.46. The van der Waals surface area contributed by atoms with E-state index in [9.17, 15) is 9.59 Å². The van der Waals surface area contributed by atoms with Crippen molar-refractivity contribution in [3.05, 3.63) is 30.0 Å². The molecule has 1 aromatic heterocycles. The standard InChI is InChI=1S/C22H27N3O3/c1-13(22-9-14-6-15(10-22)8-16(7-14)11-22)23-19(26)12-28-21(27)20-17-4-2-3-5-18(17)24-25-20/h2-5,13-16H,6-12H2,1H3,(H,23,26)(H,24,25)/t13-,14?,15?,16?,22?/m0/s1. The molecule has 1 aromatic carbocycles. The van der Waals surface area contributed by atoms with E-state index in [4.69, 9.17) is 4.74 Å². The molecule has 6 nitrogen and oxygen atoms in total. The van der Waals surface area contributed by atoms with Gasteiger partial charge in [-0.25, -0.2) is 4.79 Å². The van der Waals surface area contributed by atoms with Crippen molar-refractivity contribution in [3.63, 3.8) is 0 Å². The molecule has 4 fully saturated rings. The van der Waals surface area contributed by atoms with Crippen molar-refractivity contribution in [3.8, 4) is 0 Å². The number of para-hydroxylation sites is 1. The summed E-state index contributed by atoms with van der Waals surface area (Å²) in [6, 6.07) is 7.49. The molecule has 0 spiro atoms. The third kappa shape index (κ3) is 2.99. The Morgan fingerprint density at radius 3 is 2.50 bits per heavy atom. The highest BCUT2D eigenvalue weighted by atomic mass is 16.5. The Morgan fingerprint density at radius 1 is 1.18 bits per heavy atom. The molecule has 4 aliphatic rings. The van der Waals surface area contributed by atoms with E-state index in [1.807, 2.05) is 24.3 Å². The number of nitrogens with one attached hydrogen (secondary N) is 2. The number of hydrogen-bond acceptors (Lipinski definition) is 4. The van der Waals surface area contributed by atoms with E-state index < -0.39 is 5.97 Å². The van der Waals surface area contributed by atoms with Gasteiger partial charge in [0.1, 0.15) is 0 Å². The topological polar surface area (TPSA) is 84.1 Å². The molecule has 2 N–H and O–H groups in total. The van der Waals surface area contributed by atoms with E-state index >= 15 is 0 Å². The van der Waals surface area contributed by atoms with Crippen molar-refractivity contribution in [2.24, 2.45) is 23.2 Å². The number of nitrogens with zero attached hydrogens (tertiary/aromatic N) is 1. The van der Waals surface area contributed by atoms with Gasteiger partial charge in [-0.05, 0) is 74.7 Å². The summed E-state index contributed by atoms with van der Waals surface area (Å²) in [5, 5.41) is 10.7. The van der Waals surface area contributed by atoms with Gasteiger partial charge in [-0.2, -0.15) is 5.10 Å². The number of hydrogen-bond donors (Lipinski definition) is 2. The summed E-state index contributed by atoms with van der Waals surface area (Å²) >= 11 is 0. The molecule has 0 unspecified atom stereocenters. The maximum Gasteiger partial charge on any atom is 0.359 e. The van der Waals surface area contributed by atoms with Crippen LogP contribution in [0.2, 0.25) is 0 Å². The first kappa shape index (κ1) is 17.7. The summed E-state index contributed by atoms with van der Waals surface area (Å²) in [7, 11) is 0. The van der Waals surface area contributed by atoms with Crippen LogP contribution in [0.1, 0.15) is 55.9 Å². The second-order valence-corrected chi connectivity index (χ2v) is 9.26. The van der Waals surface area contributed by atoms with Gasteiger partial charge in [-0.3, -0.25) is 9.89 Å². The Labute approximate surface area is 164 Å². The van der Waals surface area contributed by atoms with Crippen LogP contribution in [-0.4, -0.2) is 34.7 Å². The molecule has 0 aliphatic heterocycles. The van der Waals surface area contributed by atoms with E-state index in [1.165, 1.54) is 38.5 Å². The normalized spacial score (nSPS) is 31.7. The number of ether oxygens (including phenoxy) is 1. The average molecular weight is 381 g/mol. The van der Waals surface area contributed by atoms with E-state index in [-0.39, 0.29) is 29.7 Å². The Hall–Kier alpha value is -2.37. The number of rotatable bonds is 5. The van der Waals surface area contributed by atoms with Gasteiger partial charge in [0, 0.05) is 11.4 Å². The number of fused-ring (bicyclic) bond motifs is 1. The molecule has 28 heavy (non-hydrogen) atoms. The second-order valence-electron chi connectivity index (χ2n) is 9.26. The number of amides is 1. The molecule has 6 rings (SSSR count). The third-order valence-corrected chi connectivity index (χ3v) is 7.38. The number of benzene rings is 1. The summed E-state index contributed by atoms with van der Waals surface area (Å²) in [6.07, 6.45) is 7.86. The molecule has 4 saturated carbocycles. The summed E-state index contributed by atoms with van der Waals surface area (Å²) < 4.78 is 5.24. The summed E-state index contributed by atoms with van der Waals surface area (Å²) in [5.74, 6) is 1.73. The first-order valence-corrected chi connectivity index (χ1v) is 10.4. The SMILES string of the molecule is C[C@H](NC(=O)COC(=O)c1n[nH]c2ccccc12)C12CC3CC(CC(C3)C1)C2. The molecule has 6 heteroatoms. The highest BCUT2D eigenvalue weighted by Crippen LogP contribution is 2.61. The quantitative estimate of drug-likeness (QED) is 0.777. The van der Waals surface area contributed by atoms with Gasteiger partial charge in [0.2, 0.25) is 0 Å². The Balaban J connectivity index is 1.19. The maximum atomic E-state index is 12.5. The van der Waals surface area contributed by atoms with Gasteiger partial charge in [0.05, 0.1) is 5.52 Å². The van der Waals surface area contributed by atoms with Crippen molar-refractivity contribution in [2.75, 3.05) is 6.61 Å². The van der Waals surface area contributed by atoms with Crippen molar-refractivity contribution in [1.82, 2.24) is 15.5 Å². The average Bonchev–Trinajstić information content (AvgIpc) is 3.09. The molecular weight excluding hydrogens is 354 g/mol. The summed E-state index contributed by atoms with van der Waals surface area (Å²) in [6.45, 7) is 1.87. The van der Waals surface area contributed by atoms with E-state index in [1.54, 1.807) is 0 Å². The predicted octanol–water partition coefficient (Wildman–Crippen LogP) is 3.44. The third-order valence-electron chi connectivity index (χ3n) is 7.38. The van der Waals surface area contributed by atoms with Gasteiger partial charge >= 0.3 is 5.97 Å². The van der Waals surface area contributed by atoms with Crippen LogP contribution in [0, 0.1) is 23.2 Å². The van der Waals surface area contributed by atoms with Crippen molar-refractivity contribution < 1.29 is 14.3 Å². The van der Waals surface area contributed by atoms with Crippen LogP contribution in [0.3, 0.4) is 0 Å². The van der Waals surface area contributed by atoms with Gasteiger partial charge < -0.3 is 10.1 Å². The zero-order valence-electron chi connectivity index (χ0n) is 16.2. The monoisotopic (exact) mass is 381 g/mol. The number of aromatic nitrogens is 2. The molecule has 1 heterocycles.